The Labute approximate surface area is 132 Å². The zero-order valence-corrected chi connectivity index (χ0v) is 13.4. The van der Waals surface area contributed by atoms with Gasteiger partial charge in [0.25, 0.3) is 0 Å². The minimum absolute atomic E-state index is 0.285. The van der Waals surface area contributed by atoms with Gasteiger partial charge in [0.1, 0.15) is 17.3 Å². The van der Waals surface area contributed by atoms with Crippen LogP contribution in [0.4, 0.5) is 4.39 Å². The number of halogens is 2. The van der Waals surface area contributed by atoms with Crippen LogP contribution in [0.3, 0.4) is 0 Å². The van der Waals surface area contributed by atoms with E-state index in [1.807, 2.05) is 13.0 Å². The first kappa shape index (κ1) is 14.5. The molecule has 1 N–H and O–H groups in total. The second kappa shape index (κ2) is 6.16. The summed E-state index contributed by atoms with van der Waals surface area (Å²) < 4.78 is 19.5. The number of ether oxygens (including phenoxy) is 1. The van der Waals surface area contributed by atoms with Gasteiger partial charge >= 0.3 is 0 Å². The average molecular weight is 350 g/mol. The summed E-state index contributed by atoms with van der Waals surface area (Å²) in [7, 11) is 0. The molecule has 0 aromatic heterocycles. The van der Waals surface area contributed by atoms with Crippen LogP contribution in [0.2, 0.25) is 0 Å². The zero-order valence-electron chi connectivity index (χ0n) is 11.8. The first-order chi connectivity index (χ1) is 10.1. The maximum absolute atomic E-state index is 13.1. The van der Waals surface area contributed by atoms with E-state index in [0.717, 1.165) is 17.9 Å². The van der Waals surface area contributed by atoms with Gasteiger partial charge in [-0.25, -0.2) is 4.39 Å². The van der Waals surface area contributed by atoms with Crippen molar-refractivity contribution >= 4 is 15.9 Å². The maximum atomic E-state index is 13.1. The summed E-state index contributed by atoms with van der Waals surface area (Å²) in [5.74, 6) is 1.12. The molecule has 0 radical (unpaired) electrons. The molecule has 0 heterocycles. The van der Waals surface area contributed by atoms with Crippen LogP contribution in [-0.2, 0) is 6.54 Å². The molecule has 4 heteroatoms. The SMILES string of the molecule is Cc1cc(CNC2CC2)ccc1Oc1ccc(F)cc1Br. The molecule has 21 heavy (non-hydrogen) atoms. The lowest BCUT2D eigenvalue weighted by Crippen LogP contribution is -2.15. The molecule has 1 aliphatic rings. The lowest BCUT2D eigenvalue weighted by molar-refractivity contribution is 0.473. The van der Waals surface area contributed by atoms with Crippen LogP contribution in [0.1, 0.15) is 24.0 Å². The molecule has 110 valence electrons. The molecule has 1 fully saturated rings. The molecule has 1 saturated carbocycles. The molecule has 3 rings (SSSR count). The molecule has 0 spiro atoms. The average Bonchev–Trinajstić information content (AvgIpc) is 3.26. The van der Waals surface area contributed by atoms with E-state index >= 15 is 0 Å². The summed E-state index contributed by atoms with van der Waals surface area (Å²) in [5, 5.41) is 3.49. The smallest absolute Gasteiger partial charge is 0.141 e. The summed E-state index contributed by atoms with van der Waals surface area (Å²) in [6.07, 6.45) is 2.58. The Balaban J connectivity index is 1.72. The summed E-state index contributed by atoms with van der Waals surface area (Å²) in [6.45, 7) is 2.92. The van der Waals surface area contributed by atoms with Gasteiger partial charge < -0.3 is 10.1 Å². The first-order valence-corrected chi connectivity index (χ1v) is 7.87. The number of rotatable bonds is 5. The van der Waals surface area contributed by atoms with Crippen molar-refractivity contribution in [2.45, 2.75) is 32.4 Å². The van der Waals surface area contributed by atoms with E-state index in [0.29, 0.717) is 16.3 Å². The van der Waals surface area contributed by atoms with Crippen molar-refractivity contribution in [1.29, 1.82) is 0 Å². The Morgan fingerprint density at radius 1 is 1.19 bits per heavy atom. The van der Waals surface area contributed by atoms with Crippen molar-refractivity contribution < 1.29 is 9.13 Å². The van der Waals surface area contributed by atoms with E-state index in [2.05, 4.69) is 33.4 Å². The highest BCUT2D eigenvalue weighted by molar-refractivity contribution is 9.10. The summed E-state index contributed by atoms with van der Waals surface area (Å²) in [5.41, 5.74) is 2.33. The molecule has 0 atom stereocenters. The summed E-state index contributed by atoms with van der Waals surface area (Å²) in [6, 6.07) is 11.3. The Kier molecular flexibility index (Phi) is 4.27. The third-order valence-electron chi connectivity index (χ3n) is 3.53. The molecular weight excluding hydrogens is 333 g/mol. The predicted octanol–water partition coefficient (Wildman–Crippen LogP) is 4.94. The van der Waals surface area contributed by atoms with Crippen molar-refractivity contribution in [1.82, 2.24) is 5.32 Å². The molecule has 2 aromatic rings. The van der Waals surface area contributed by atoms with E-state index in [1.165, 1.54) is 30.5 Å². The molecule has 0 unspecified atom stereocenters. The lowest BCUT2D eigenvalue weighted by Gasteiger charge is -2.12. The van der Waals surface area contributed by atoms with E-state index in [1.54, 1.807) is 6.07 Å². The topological polar surface area (TPSA) is 21.3 Å². The Hall–Kier alpha value is -1.39. The van der Waals surface area contributed by atoms with Gasteiger partial charge in [-0.3, -0.25) is 0 Å². The molecule has 0 saturated heterocycles. The molecular formula is C17H17BrFNO. The Bertz CT molecular complexity index is 655. The Morgan fingerprint density at radius 2 is 1.95 bits per heavy atom. The van der Waals surface area contributed by atoms with E-state index in [-0.39, 0.29) is 5.82 Å². The second-order valence-electron chi connectivity index (χ2n) is 5.43. The monoisotopic (exact) mass is 349 g/mol. The number of hydrogen-bond acceptors (Lipinski definition) is 2. The molecule has 2 aromatic carbocycles. The van der Waals surface area contributed by atoms with Crippen LogP contribution in [-0.4, -0.2) is 6.04 Å². The molecule has 0 amide bonds. The van der Waals surface area contributed by atoms with Crippen molar-refractivity contribution in [2.24, 2.45) is 0 Å². The van der Waals surface area contributed by atoms with Gasteiger partial charge in [0.15, 0.2) is 0 Å². The van der Waals surface area contributed by atoms with Crippen LogP contribution in [0.5, 0.6) is 11.5 Å². The van der Waals surface area contributed by atoms with E-state index in [4.69, 9.17) is 4.74 Å². The van der Waals surface area contributed by atoms with E-state index in [9.17, 15) is 4.39 Å². The first-order valence-electron chi connectivity index (χ1n) is 7.07. The van der Waals surface area contributed by atoms with Gasteiger partial charge in [0, 0.05) is 12.6 Å². The van der Waals surface area contributed by atoms with Gasteiger partial charge in [-0.1, -0.05) is 12.1 Å². The minimum Gasteiger partial charge on any atom is -0.456 e. The number of aryl methyl sites for hydroxylation is 1. The minimum atomic E-state index is -0.285. The van der Waals surface area contributed by atoms with Gasteiger partial charge in [0.2, 0.25) is 0 Å². The maximum Gasteiger partial charge on any atom is 0.141 e. The third-order valence-corrected chi connectivity index (χ3v) is 4.15. The standard InChI is InChI=1S/C17H17BrFNO/c1-11-8-12(10-20-14-4-5-14)2-6-16(11)21-17-7-3-13(19)9-15(17)18/h2-3,6-9,14,20H,4-5,10H2,1H3. The fourth-order valence-electron chi connectivity index (χ4n) is 2.16. The highest BCUT2D eigenvalue weighted by Gasteiger charge is 2.20. The van der Waals surface area contributed by atoms with Crippen molar-refractivity contribution in [2.75, 3.05) is 0 Å². The lowest BCUT2D eigenvalue weighted by atomic mass is 10.1. The van der Waals surface area contributed by atoms with Crippen molar-refractivity contribution in [3.63, 3.8) is 0 Å². The molecule has 2 nitrogen and oxygen atoms in total. The van der Waals surface area contributed by atoms with Crippen LogP contribution in [0, 0.1) is 12.7 Å². The normalized spacial score (nSPS) is 14.2. The van der Waals surface area contributed by atoms with Gasteiger partial charge in [-0.05, 0) is 71.1 Å². The zero-order chi connectivity index (χ0) is 14.8. The van der Waals surface area contributed by atoms with Crippen LogP contribution >= 0.6 is 15.9 Å². The molecule has 0 aliphatic heterocycles. The number of benzene rings is 2. The number of nitrogens with one attached hydrogen (secondary N) is 1. The number of hydrogen-bond donors (Lipinski definition) is 1. The van der Waals surface area contributed by atoms with Crippen LogP contribution in [0.15, 0.2) is 40.9 Å². The van der Waals surface area contributed by atoms with Crippen molar-refractivity contribution in [3.05, 3.63) is 57.8 Å². The highest BCUT2D eigenvalue weighted by atomic mass is 79.9. The van der Waals surface area contributed by atoms with Crippen LogP contribution < -0.4 is 10.1 Å². The van der Waals surface area contributed by atoms with Crippen LogP contribution in [0.25, 0.3) is 0 Å². The van der Waals surface area contributed by atoms with Gasteiger partial charge in [0.05, 0.1) is 4.47 Å². The Morgan fingerprint density at radius 3 is 2.62 bits per heavy atom. The second-order valence-corrected chi connectivity index (χ2v) is 6.29. The fraction of sp³-hybridized carbons (Fsp3) is 0.294. The quantitative estimate of drug-likeness (QED) is 0.825. The van der Waals surface area contributed by atoms with E-state index < -0.39 is 0 Å². The largest absolute Gasteiger partial charge is 0.456 e. The molecule has 0 bridgehead atoms. The third kappa shape index (κ3) is 3.83. The summed E-state index contributed by atoms with van der Waals surface area (Å²) >= 11 is 3.32. The fourth-order valence-corrected chi connectivity index (χ4v) is 2.59. The summed E-state index contributed by atoms with van der Waals surface area (Å²) in [4.78, 5) is 0. The highest BCUT2D eigenvalue weighted by Crippen LogP contribution is 2.32. The predicted molar refractivity (Wildman–Crippen MR) is 85.2 cm³/mol. The molecule has 1 aliphatic carbocycles. The van der Waals surface area contributed by atoms with Crippen molar-refractivity contribution in [3.8, 4) is 11.5 Å². The van der Waals surface area contributed by atoms with Gasteiger partial charge in [-0.15, -0.1) is 0 Å². The van der Waals surface area contributed by atoms with Gasteiger partial charge in [-0.2, -0.15) is 0 Å².